The quantitative estimate of drug-likeness (QED) is 0.604. The van der Waals surface area contributed by atoms with E-state index in [9.17, 15) is 9.59 Å². The first kappa shape index (κ1) is 20.2. The topological polar surface area (TPSA) is 67.4 Å². The molecule has 2 aromatic carbocycles. The first-order chi connectivity index (χ1) is 14.5. The second-order valence-electron chi connectivity index (χ2n) is 7.42. The van der Waals surface area contributed by atoms with Crippen molar-refractivity contribution in [1.29, 1.82) is 0 Å². The number of fused-ring (bicyclic) bond motifs is 3. The standard InChI is InChI=1S/C24H24N2O3S/c1-3-15(2)26-23(27)17-8-6-7-16(11-17)13-25-24(28)21-12-18-14-29-20-10-5-4-9-19(20)22(18)30-21/h4-12,15H,3,13-14H2,1-2H3,(H,25,28)(H,26,27). The van der Waals surface area contributed by atoms with Crippen molar-refractivity contribution in [2.24, 2.45) is 0 Å². The van der Waals surface area contributed by atoms with E-state index in [0.29, 0.717) is 23.6 Å². The van der Waals surface area contributed by atoms with Crippen molar-refractivity contribution in [3.63, 3.8) is 0 Å². The number of hydrogen-bond acceptors (Lipinski definition) is 4. The fourth-order valence-corrected chi connectivity index (χ4v) is 4.43. The van der Waals surface area contributed by atoms with E-state index < -0.39 is 0 Å². The summed E-state index contributed by atoms with van der Waals surface area (Å²) in [6, 6.07) is 17.3. The maximum atomic E-state index is 12.7. The third kappa shape index (κ3) is 4.24. The Labute approximate surface area is 180 Å². The zero-order valence-corrected chi connectivity index (χ0v) is 17.8. The molecular weight excluding hydrogens is 396 g/mol. The molecule has 3 aromatic rings. The lowest BCUT2D eigenvalue weighted by molar-refractivity contribution is 0.0937. The average Bonchev–Trinajstić information content (AvgIpc) is 3.22. The summed E-state index contributed by atoms with van der Waals surface area (Å²) < 4.78 is 5.78. The van der Waals surface area contributed by atoms with Gasteiger partial charge in [0.25, 0.3) is 11.8 Å². The molecule has 0 spiro atoms. The van der Waals surface area contributed by atoms with Gasteiger partial charge in [0.05, 0.1) is 4.88 Å². The third-order valence-electron chi connectivity index (χ3n) is 5.18. The zero-order chi connectivity index (χ0) is 21.1. The van der Waals surface area contributed by atoms with Gasteiger partial charge in [0.1, 0.15) is 12.4 Å². The molecule has 0 radical (unpaired) electrons. The van der Waals surface area contributed by atoms with Gasteiger partial charge in [-0.2, -0.15) is 0 Å². The summed E-state index contributed by atoms with van der Waals surface area (Å²) in [5.41, 5.74) is 3.55. The lowest BCUT2D eigenvalue weighted by Gasteiger charge is -2.16. The van der Waals surface area contributed by atoms with Crippen molar-refractivity contribution < 1.29 is 14.3 Å². The van der Waals surface area contributed by atoms with E-state index >= 15 is 0 Å². The van der Waals surface area contributed by atoms with E-state index in [1.54, 1.807) is 6.07 Å². The molecule has 0 saturated carbocycles. The molecule has 2 heterocycles. The lowest BCUT2D eigenvalue weighted by atomic mass is 10.1. The van der Waals surface area contributed by atoms with Gasteiger partial charge in [-0.25, -0.2) is 0 Å². The minimum absolute atomic E-state index is 0.0953. The third-order valence-corrected chi connectivity index (χ3v) is 6.39. The summed E-state index contributed by atoms with van der Waals surface area (Å²) in [7, 11) is 0. The highest BCUT2D eigenvalue weighted by Gasteiger charge is 2.22. The molecule has 0 saturated heterocycles. The van der Waals surface area contributed by atoms with Crippen LogP contribution < -0.4 is 15.4 Å². The van der Waals surface area contributed by atoms with E-state index in [1.807, 2.05) is 62.4 Å². The Morgan fingerprint density at radius 1 is 1.10 bits per heavy atom. The minimum atomic E-state index is -0.124. The first-order valence-corrected chi connectivity index (χ1v) is 10.9. The molecule has 30 heavy (non-hydrogen) atoms. The Hall–Kier alpha value is -3.12. The number of nitrogens with one attached hydrogen (secondary N) is 2. The van der Waals surface area contributed by atoms with Gasteiger partial charge in [-0.1, -0.05) is 31.2 Å². The molecule has 2 amide bonds. The largest absolute Gasteiger partial charge is 0.488 e. The van der Waals surface area contributed by atoms with Crippen LogP contribution in [0.3, 0.4) is 0 Å². The molecule has 0 fully saturated rings. The second-order valence-corrected chi connectivity index (χ2v) is 8.47. The van der Waals surface area contributed by atoms with Gasteiger partial charge in [-0.05, 0) is 49.2 Å². The number of thiophene rings is 1. The molecule has 6 heteroatoms. The minimum Gasteiger partial charge on any atom is -0.488 e. The molecule has 154 valence electrons. The number of para-hydroxylation sites is 1. The molecule has 5 nitrogen and oxygen atoms in total. The van der Waals surface area contributed by atoms with E-state index in [-0.39, 0.29) is 17.9 Å². The Kier molecular flexibility index (Phi) is 5.86. The van der Waals surface area contributed by atoms with Crippen molar-refractivity contribution in [3.05, 3.63) is 76.2 Å². The number of benzene rings is 2. The fraction of sp³-hybridized carbons (Fsp3) is 0.250. The van der Waals surface area contributed by atoms with Crippen molar-refractivity contribution in [2.45, 2.75) is 39.5 Å². The Balaban J connectivity index is 1.43. The van der Waals surface area contributed by atoms with Crippen LogP contribution in [-0.2, 0) is 13.2 Å². The Bertz CT molecular complexity index is 1090. The van der Waals surface area contributed by atoms with Gasteiger partial charge in [0.2, 0.25) is 0 Å². The highest BCUT2D eigenvalue weighted by Crippen LogP contribution is 2.42. The van der Waals surface area contributed by atoms with E-state index in [0.717, 1.165) is 33.7 Å². The van der Waals surface area contributed by atoms with E-state index in [1.165, 1.54) is 11.3 Å². The van der Waals surface area contributed by atoms with Gasteiger partial charge in [-0.3, -0.25) is 9.59 Å². The monoisotopic (exact) mass is 420 g/mol. The lowest BCUT2D eigenvalue weighted by Crippen LogP contribution is -2.32. The SMILES string of the molecule is CCC(C)NC(=O)c1cccc(CNC(=O)c2cc3c(s2)-c2ccccc2OC3)c1. The van der Waals surface area contributed by atoms with Gasteiger partial charge in [-0.15, -0.1) is 11.3 Å². The van der Waals surface area contributed by atoms with Crippen LogP contribution in [0.15, 0.2) is 54.6 Å². The van der Waals surface area contributed by atoms with Crippen molar-refractivity contribution in [3.8, 4) is 16.2 Å². The molecule has 0 aliphatic carbocycles. The zero-order valence-electron chi connectivity index (χ0n) is 17.0. The van der Waals surface area contributed by atoms with Gasteiger partial charge >= 0.3 is 0 Å². The highest BCUT2D eigenvalue weighted by atomic mass is 32.1. The smallest absolute Gasteiger partial charge is 0.261 e. The number of ether oxygens (including phenoxy) is 1. The van der Waals surface area contributed by atoms with Crippen LogP contribution in [0, 0.1) is 0 Å². The predicted molar refractivity (Wildman–Crippen MR) is 119 cm³/mol. The molecule has 2 N–H and O–H groups in total. The number of amides is 2. The Morgan fingerprint density at radius 3 is 2.77 bits per heavy atom. The van der Waals surface area contributed by atoms with Crippen LogP contribution in [0.25, 0.3) is 10.4 Å². The molecule has 1 unspecified atom stereocenters. The van der Waals surface area contributed by atoms with Crippen molar-refractivity contribution >= 4 is 23.2 Å². The first-order valence-electron chi connectivity index (χ1n) is 10.1. The van der Waals surface area contributed by atoms with Gasteiger partial charge < -0.3 is 15.4 Å². The number of carbonyl (C=O) groups is 2. The fourth-order valence-electron chi connectivity index (χ4n) is 3.31. The summed E-state index contributed by atoms with van der Waals surface area (Å²) in [6.45, 7) is 4.85. The summed E-state index contributed by atoms with van der Waals surface area (Å²) in [5, 5.41) is 5.93. The molecular formula is C24H24N2O3S. The normalized spacial score (nSPS) is 12.9. The summed E-state index contributed by atoms with van der Waals surface area (Å²) >= 11 is 1.48. The van der Waals surface area contributed by atoms with Crippen LogP contribution in [0.4, 0.5) is 0 Å². The summed E-state index contributed by atoms with van der Waals surface area (Å²) in [5.74, 6) is 0.634. The van der Waals surface area contributed by atoms with E-state index in [2.05, 4.69) is 10.6 Å². The molecule has 4 rings (SSSR count). The summed E-state index contributed by atoms with van der Waals surface area (Å²) in [4.78, 5) is 26.8. The van der Waals surface area contributed by atoms with Crippen molar-refractivity contribution in [2.75, 3.05) is 0 Å². The van der Waals surface area contributed by atoms with E-state index in [4.69, 9.17) is 4.74 Å². The maximum absolute atomic E-state index is 12.7. The summed E-state index contributed by atoms with van der Waals surface area (Å²) in [6.07, 6.45) is 0.877. The molecule has 1 atom stereocenters. The Morgan fingerprint density at radius 2 is 1.93 bits per heavy atom. The molecule has 1 aliphatic heterocycles. The molecule has 1 aliphatic rings. The maximum Gasteiger partial charge on any atom is 0.261 e. The number of carbonyl (C=O) groups excluding carboxylic acids is 2. The van der Waals surface area contributed by atoms with Crippen LogP contribution >= 0.6 is 11.3 Å². The predicted octanol–water partition coefficient (Wildman–Crippen LogP) is 4.77. The van der Waals surface area contributed by atoms with Crippen molar-refractivity contribution in [1.82, 2.24) is 10.6 Å². The average molecular weight is 421 g/mol. The number of rotatable bonds is 6. The number of hydrogen-bond donors (Lipinski definition) is 2. The molecule has 1 aromatic heterocycles. The van der Waals surface area contributed by atoms with Crippen LogP contribution in [0.2, 0.25) is 0 Å². The molecule has 0 bridgehead atoms. The van der Waals surface area contributed by atoms with Crippen LogP contribution in [0.5, 0.6) is 5.75 Å². The second kappa shape index (κ2) is 8.71. The van der Waals surface area contributed by atoms with Crippen LogP contribution in [0.1, 0.15) is 51.4 Å². The van der Waals surface area contributed by atoms with Gasteiger partial charge in [0, 0.05) is 34.2 Å². The highest BCUT2D eigenvalue weighted by molar-refractivity contribution is 7.17. The van der Waals surface area contributed by atoms with Gasteiger partial charge in [0.15, 0.2) is 0 Å². The van der Waals surface area contributed by atoms with Crippen LogP contribution in [-0.4, -0.2) is 17.9 Å².